The average Bonchev–Trinajstić information content (AvgIpc) is 2.67. The van der Waals surface area contributed by atoms with Crippen molar-refractivity contribution in [1.82, 2.24) is 14.9 Å². The molecule has 2 aromatic carbocycles. The third-order valence-corrected chi connectivity index (χ3v) is 6.18. The molecule has 2 aromatic rings. The maximum atomic E-state index is 12.7. The maximum absolute atomic E-state index is 12.7. The fourth-order valence-electron chi connectivity index (χ4n) is 2.67. The van der Waals surface area contributed by atoms with Crippen molar-refractivity contribution in [3.63, 3.8) is 0 Å². The van der Waals surface area contributed by atoms with Crippen LogP contribution >= 0.6 is 0 Å². The summed E-state index contributed by atoms with van der Waals surface area (Å²) in [7, 11) is -0.729. The Morgan fingerprint density at radius 2 is 1.72 bits per heavy atom. The quantitative estimate of drug-likeness (QED) is 0.639. The summed E-state index contributed by atoms with van der Waals surface area (Å²) in [5, 5.41) is 7.85. The summed E-state index contributed by atoms with van der Waals surface area (Å²) in [5.74, 6) is -0.556. The second-order valence-electron chi connectivity index (χ2n) is 6.60. The summed E-state index contributed by atoms with van der Waals surface area (Å²) in [5.41, 5.74) is 1.66. The lowest BCUT2D eigenvalue weighted by Crippen LogP contribution is -2.43. The topological polar surface area (TPSA) is 108 Å². The predicted molar refractivity (Wildman–Crippen MR) is 112 cm³/mol. The third-order valence-electron chi connectivity index (χ3n) is 4.23. The largest absolute Gasteiger partial charge is 0.370 e. The van der Waals surface area contributed by atoms with Gasteiger partial charge in [0.1, 0.15) is 6.04 Å². The van der Waals surface area contributed by atoms with Crippen LogP contribution in [-0.4, -0.2) is 45.3 Å². The first kappa shape index (κ1) is 22.4. The van der Waals surface area contributed by atoms with Crippen LogP contribution in [0.2, 0.25) is 0 Å². The third kappa shape index (κ3) is 5.55. The molecule has 0 spiro atoms. The second kappa shape index (κ2) is 9.53. The van der Waals surface area contributed by atoms with E-state index in [1.54, 1.807) is 50.2 Å². The van der Waals surface area contributed by atoms with E-state index in [0.717, 1.165) is 4.31 Å². The predicted octanol–water partition coefficient (Wildman–Crippen LogP) is 2.24. The van der Waals surface area contributed by atoms with Gasteiger partial charge in [-0.15, -0.1) is 0 Å². The molecule has 3 N–H and O–H groups in total. The normalized spacial score (nSPS) is 12.3. The molecular formula is C20H26N4O4S. The molecule has 0 radical (unpaired) electrons. The van der Waals surface area contributed by atoms with Gasteiger partial charge >= 0.3 is 6.03 Å². The number of sulfonamides is 1. The van der Waals surface area contributed by atoms with Crippen LogP contribution in [0.25, 0.3) is 0 Å². The lowest BCUT2D eigenvalue weighted by molar-refractivity contribution is -0.120. The van der Waals surface area contributed by atoms with Gasteiger partial charge in [-0.25, -0.2) is 17.5 Å². The molecule has 3 amide bonds. The Balaban J connectivity index is 2.39. The SMILES string of the molecule is CCNC(=O)NC(=O)[C@H](Nc1ccc(C)c(S(=O)(=O)N(C)C)c1)c1ccccc1. The first-order chi connectivity index (χ1) is 13.7. The van der Waals surface area contributed by atoms with Crippen molar-refractivity contribution < 1.29 is 18.0 Å². The molecular weight excluding hydrogens is 392 g/mol. The minimum absolute atomic E-state index is 0.142. The fraction of sp³-hybridized carbons (Fsp3) is 0.300. The van der Waals surface area contributed by atoms with Gasteiger partial charge in [0.15, 0.2) is 0 Å². The van der Waals surface area contributed by atoms with Crippen molar-refractivity contribution in [2.45, 2.75) is 24.8 Å². The highest BCUT2D eigenvalue weighted by Gasteiger charge is 2.24. The van der Waals surface area contributed by atoms with Crippen LogP contribution in [0.3, 0.4) is 0 Å². The molecule has 8 nitrogen and oxygen atoms in total. The number of carbonyl (C=O) groups excluding carboxylic acids is 2. The minimum atomic E-state index is -3.65. The molecule has 0 aromatic heterocycles. The van der Waals surface area contributed by atoms with Gasteiger partial charge < -0.3 is 10.6 Å². The van der Waals surface area contributed by atoms with Gasteiger partial charge in [-0.1, -0.05) is 36.4 Å². The molecule has 0 fully saturated rings. The molecule has 0 aliphatic heterocycles. The van der Waals surface area contributed by atoms with Crippen molar-refractivity contribution >= 4 is 27.6 Å². The molecule has 0 aliphatic rings. The Morgan fingerprint density at radius 1 is 1.07 bits per heavy atom. The minimum Gasteiger partial charge on any atom is -0.370 e. The number of hydrogen-bond acceptors (Lipinski definition) is 5. The van der Waals surface area contributed by atoms with Gasteiger partial charge in [-0.2, -0.15) is 0 Å². The standard InChI is InChI=1S/C20H26N4O4S/c1-5-21-20(26)23-19(25)18(15-9-7-6-8-10-15)22-16-12-11-14(2)17(13-16)29(27,28)24(3)4/h6-13,18,22H,5H2,1-4H3,(H2,21,23,25,26)/t18-/m1/s1. The molecule has 0 bridgehead atoms. The Labute approximate surface area is 171 Å². The zero-order chi connectivity index (χ0) is 21.6. The number of carbonyl (C=O) groups is 2. The molecule has 0 unspecified atom stereocenters. The van der Waals surface area contributed by atoms with Gasteiger partial charge in [0.2, 0.25) is 10.0 Å². The van der Waals surface area contributed by atoms with Crippen molar-refractivity contribution in [2.75, 3.05) is 26.0 Å². The molecule has 9 heteroatoms. The van der Waals surface area contributed by atoms with E-state index < -0.39 is 28.0 Å². The van der Waals surface area contributed by atoms with Crippen LogP contribution < -0.4 is 16.0 Å². The van der Waals surface area contributed by atoms with Crippen LogP contribution in [0.15, 0.2) is 53.4 Å². The molecule has 1 atom stereocenters. The molecule has 0 saturated carbocycles. The van der Waals surface area contributed by atoms with Gasteiger partial charge in [0, 0.05) is 26.3 Å². The Hall–Kier alpha value is -2.91. The van der Waals surface area contributed by atoms with Crippen molar-refractivity contribution in [3.8, 4) is 0 Å². The van der Waals surface area contributed by atoms with E-state index in [1.165, 1.54) is 20.2 Å². The van der Waals surface area contributed by atoms with E-state index in [4.69, 9.17) is 0 Å². The highest BCUT2D eigenvalue weighted by molar-refractivity contribution is 7.89. The van der Waals surface area contributed by atoms with Gasteiger partial charge in [-0.3, -0.25) is 10.1 Å². The summed E-state index contributed by atoms with van der Waals surface area (Å²) < 4.78 is 26.3. The van der Waals surface area contributed by atoms with Gasteiger partial charge in [0.25, 0.3) is 5.91 Å². The smallest absolute Gasteiger partial charge is 0.321 e. The van der Waals surface area contributed by atoms with Crippen LogP contribution in [0.1, 0.15) is 24.1 Å². The molecule has 0 saturated heterocycles. The highest BCUT2D eigenvalue weighted by atomic mass is 32.2. The number of rotatable bonds is 7. The van der Waals surface area contributed by atoms with Crippen molar-refractivity contribution in [3.05, 3.63) is 59.7 Å². The number of anilines is 1. The molecule has 156 valence electrons. The highest BCUT2D eigenvalue weighted by Crippen LogP contribution is 2.26. The van der Waals surface area contributed by atoms with E-state index in [2.05, 4.69) is 16.0 Å². The molecule has 29 heavy (non-hydrogen) atoms. The van der Waals surface area contributed by atoms with E-state index in [9.17, 15) is 18.0 Å². The number of aryl methyl sites for hydroxylation is 1. The number of nitrogens with one attached hydrogen (secondary N) is 3. The van der Waals surface area contributed by atoms with Crippen LogP contribution in [0, 0.1) is 6.92 Å². The Morgan fingerprint density at radius 3 is 2.31 bits per heavy atom. The number of nitrogens with zero attached hydrogens (tertiary/aromatic N) is 1. The Bertz CT molecular complexity index is 975. The number of hydrogen-bond donors (Lipinski definition) is 3. The van der Waals surface area contributed by atoms with Crippen molar-refractivity contribution in [1.29, 1.82) is 0 Å². The van der Waals surface area contributed by atoms with Gasteiger partial charge in [0.05, 0.1) is 4.90 Å². The first-order valence-corrected chi connectivity index (χ1v) is 10.5. The lowest BCUT2D eigenvalue weighted by atomic mass is 10.1. The zero-order valence-corrected chi connectivity index (χ0v) is 17.7. The van der Waals surface area contributed by atoms with Crippen LogP contribution in [-0.2, 0) is 14.8 Å². The van der Waals surface area contributed by atoms with Crippen LogP contribution in [0.4, 0.5) is 10.5 Å². The van der Waals surface area contributed by atoms with E-state index >= 15 is 0 Å². The molecule has 2 rings (SSSR count). The monoisotopic (exact) mass is 418 g/mol. The second-order valence-corrected chi connectivity index (χ2v) is 8.72. The zero-order valence-electron chi connectivity index (χ0n) is 16.9. The summed E-state index contributed by atoms with van der Waals surface area (Å²) in [6.07, 6.45) is 0. The first-order valence-electron chi connectivity index (χ1n) is 9.10. The molecule has 0 aliphatic carbocycles. The maximum Gasteiger partial charge on any atom is 0.321 e. The summed E-state index contributed by atoms with van der Waals surface area (Å²) in [6.45, 7) is 3.83. The average molecular weight is 419 g/mol. The van der Waals surface area contributed by atoms with E-state index in [1.807, 2.05) is 6.07 Å². The van der Waals surface area contributed by atoms with E-state index in [0.29, 0.717) is 23.4 Å². The number of urea groups is 1. The lowest BCUT2D eigenvalue weighted by Gasteiger charge is -2.21. The number of amides is 3. The van der Waals surface area contributed by atoms with Gasteiger partial charge in [-0.05, 0) is 37.1 Å². The van der Waals surface area contributed by atoms with E-state index in [-0.39, 0.29) is 4.90 Å². The van der Waals surface area contributed by atoms with Crippen LogP contribution in [0.5, 0.6) is 0 Å². The Kier molecular flexibility index (Phi) is 7.35. The summed E-state index contributed by atoms with van der Waals surface area (Å²) >= 11 is 0. The fourth-order valence-corrected chi connectivity index (χ4v) is 3.81. The van der Waals surface area contributed by atoms with Crippen molar-refractivity contribution in [2.24, 2.45) is 0 Å². The number of imide groups is 1. The summed E-state index contributed by atoms with van der Waals surface area (Å²) in [4.78, 5) is 24.7. The number of benzene rings is 2. The summed E-state index contributed by atoms with van der Waals surface area (Å²) in [6, 6.07) is 12.2. The molecule has 0 heterocycles.